The second kappa shape index (κ2) is 9.15. The zero-order chi connectivity index (χ0) is 22.6. The molecule has 0 atom stereocenters. The Balaban J connectivity index is 1.80. The van der Waals surface area contributed by atoms with Gasteiger partial charge in [0.25, 0.3) is 0 Å². The molecule has 31 heavy (non-hydrogen) atoms. The van der Waals surface area contributed by atoms with Crippen molar-refractivity contribution in [3.8, 4) is 0 Å². The minimum absolute atomic E-state index is 0.319. The van der Waals surface area contributed by atoms with Gasteiger partial charge in [-0.15, -0.1) is 0 Å². The third kappa shape index (κ3) is 5.39. The normalized spacial score (nSPS) is 14.7. The summed E-state index contributed by atoms with van der Waals surface area (Å²) in [4.78, 5) is 12.9. The molecule has 164 valence electrons. The first kappa shape index (κ1) is 22.3. The number of alkyl halides is 3. The molecule has 2 N–H and O–H groups in total. The maximum absolute atomic E-state index is 13.3. The van der Waals surface area contributed by atoms with E-state index >= 15 is 0 Å². The van der Waals surface area contributed by atoms with Gasteiger partial charge in [0.05, 0.1) is 17.5 Å². The number of aromatic nitrogens is 2. The first-order valence-electron chi connectivity index (χ1n) is 9.70. The summed E-state index contributed by atoms with van der Waals surface area (Å²) in [5.74, 6) is 1.55. The van der Waals surface area contributed by atoms with Crippen LogP contribution in [-0.4, -0.2) is 53.5 Å². The molecule has 1 aliphatic rings. The van der Waals surface area contributed by atoms with Gasteiger partial charge < -0.3 is 15.2 Å². The summed E-state index contributed by atoms with van der Waals surface area (Å²) >= 11 is 0. The molecule has 10 heteroatoms. The van der Waals surface area contributed by atoms with Gasteiger partial charge in [-0.25, -0.2) is 9.97 Å². The van der Waals surface area contributed by atoms with Gasteiger partial charge in [0.2, 0.25) is 0 Å². The lowest BCUT2D eigenvalue weighted by Gasteiger charge is -2.38. The van der Waals surface area contributed by atoms with E-state index in [4.69, 9.17) is 5.41 Å². The molecule has 7 nitrogen and oxygen atoms in total. The van der Waals surface area contributed by atoms with E-state index < -0.39 is 11.7 Å². The fourth-order valence-corrected chi connectivity index (χ4v) is 3.44. The number of hydrazone groups is 1. The monoisotopic (exact) mass is 431 g/mol. The van der Waals surface area contributed by atoms with E-state index in [1.165, 1.54) is 12.3 Å². The molecule has 1 saturated heterocycles. The number of benzene rings is 1. The first-order valence-corrected chi connectivity index (χ1v) is 9.70. The van der Waals surface area contributed by atoms with E-state index in [1.807, 2.05) is 24.8 Å². The Morgan fingerprint density at radius 3 is 2.48 bits per heavy atom. The van der Waals surface area contributed by atoms with Gasteiger partial charge in [0.15, 0.2) is 0 Å². The summed E-state index contributed by atoms with van der Waals surface area (Å²) < 4.78 is 39.8. The van der Waals surface area contributed by atoms with Crippen molar-refractivity contribution in [2.75, 3.05) is 36.5 Å². The van der Waals surface area contributed by atoms with E-state index in [-0.39, 0.29) is 0 Å². The van der Waals surface area contributed by atoms with Crippen molar-refractivity contribution in [3.63, 3.8) is 0 Å². The number of piperazine rings is 1. The fourth-order valence-electron chi connectivity index (χ4n) is 3.44. The highest BCUT2D eigenvalue weighted by Gasteiger charge is 2.32. The number of rotatable bonds is 6. The highest BCUT2D eigenvalue weighted by atomic mass is 19.4. The number of nitrogens with zero attached hydrogens (tertiary/aromatic N) is 5. The predicted molar refractivity (Wildman–Crippen MR) is 117 cm³/mol. The molecule has 0 amide bonds. The van der Waals surface area contributed by atoms with E-state index in [0.29, 0.717) is 49.0 Å². The standard InChI is InChI=1S/C21H24F3N7/c1-14-12-20(28-16(3)27-14)31-10-8-30(9-11-31)15(2)18-13-17(21(22,23)24)4-5-19(18)29-26-7-6-25/h4-7,12-13,25,29H,2,8-11H2,1,3H3/b25-6?,26-7-. The second-order valence-electron chi connectivity index (χ2n) is 7.15. The Bertz CT molecular complexity index is 973. The van der Waals surface area contributed by atoms with E-state index in [9.17, 15) is 13.2 Å². The van der Waals surface area contributed by atoms with Gasteiger partial charge in [0, 0.05) is 55.4 Å². The zero-order valence-electron chi connectivity index (χ0n) is 17.4. The van der Waals surface area contributed by atoms with Crippen LogP contribution in [0.1, 0.15) is 22.6 Å². The lowest BCUT2D eigenvalue weighted by molar-refractivity contribution is -0.137. The molecule has 0 unspecified atom stereocenters. The van der Waals surface area contributed by atoms with Gasteiger partial charge in [0.1, 0.15) is 11.6 Å². The molecule has 0 radical (unpaired) electrons. The average Bonchev–Trinajstić information content (AvgIpc) is 2.72. The highest BCUT2D eigenvalue weighted by Crippen LogP contribution is 2.35. The van der Waals surface area contributed by atoms with Crippen LogP contribution in [0.4, 0.5) is 24.7 Å². The SMILES string of the molecule is C=C(c1cc(C(F)(F)F)ccc1N/N=C\C=N)N1CCN(c2cc(C)nc(C)n2)CC1. The summed E-state index contributed by atoms with van der Waals surface area (Å²) in [5.41, 5.74) is 4.02. The number of hydrogen-bond donors (Lipinski definition) is 2. The Kier molecular flexibility index (Phi) is 6.57. The van der Waals surface area contributed by atoms with Crippen LogP contribution < -0.4 is 10.3 Å². The van der Waals surface area contributed by atoms with Gasteiger partial charge >= 0.3 is 6.18 Å². The molecular formula is C21H24F3N7. The summed E-state index contributed by atoms with van der Waals surface area (Å²) in [6.07, 6.45) is -2.29. The van der Waals surface area contributed by atoms with Crippen LogP contribution in [0.2, 0.25) is 0 Å². The topological polar surface area (TPSA) is 80.5 Å². The molecule has 1 fully saturated rings. The molecule has 0 saturated carbocycles. The molecule has 3 rings (SSSR count). The van der Waals surface area contributed by atoms with Gasteiger partial charge in [-0.3, -0.25) is 5.43 Å². The number of aryl methyl sites for hydroxylation is 2. The van der Waals surface area contributed by atoms with Crippen LogP contribution in [0, 0.1) is 19.3 Å². The number of anilines is 2. The lowest BCUT2D eigenvalue weighted by atomic mass is 10.0. The van der Waals surface area contributed by atoms with Gasteiger partial charge in [-0.1, -0.05) is 6.58 Å². The molecular weight excluding hydrogens is 407 g/mol. The minimum atomic E-state index is -4.47. The van der Waals surface area contributed by atoms with Crippen molar-refractivity contribution in [1.82, 2.24) is 14.9 Å². The predicted octanol–water partition coefficient (Wildman–Crippen LogP) is 3.95. The molecule has 0 aliphatic carbocycles. The van der Waals surface area contributed by atoms with Gasteiger partial charge in [-0.2, -0.15) is 18.3 Å². The van der Waals surface area contributed by atoms with Crippen molar-refractivity contribution in [1.29, 1.82) is 5.41 Å². The maximum Gasteiger partial charge on any atom is 0.416 e. The lowest BCUT2D eigenvalue weighted by Crippen LogP contribution is -2.45. The van der Waals surface area contributed by atoms with Crippen molar-refractivity contribution >= 4 is 29.6 Å². The van der Waals surface area contributed by atoms with Crippen LogP contribution in [0.15, 0.2) is 35.9 Å². The third-order valence-electron chi connectivity index (χ3n) is 4.93. The molecule has 0 spiro atoms. The summed E-state index contributed by atoms with van der Waals surface area (Å²) in [6.45, 7) is 10.3. The second-order valence-corrected chi connectivity index (χ2v) is 7.15. The van der Waals surface area contributed by atoms with Crippen molar-refractivity contribution in [2.45, 2.75) is 20.0 Å². The van der Waals surface area contributed by atoms with Crippen LogP contribution in [0.25, 0.3) is 5.70 Å². The van der Waals surface area contributed by atoms with E-state index in [2.05, 4.69) is 32.0 Å². The van der Waals surface area contributed by atoms with Crippen LogP contribution in [-0.2, 0) is 6.18 Å². The van der Waals surface area contributed by atoms with Crippen molar-refractivity contribution in [3.05, 3.63) is 53.5 Å². The smallest absolute Gasteiger partial charge is 0.368 e. The Labute approximate surface area is 178 Å². The number of hydrogen-bond acceptors (Lipinski definition) is 7. The first-order chi connectivity index (χ1) is 14.7. The highest BCUT2D eigenvalue weighted by molar-refractivity contribution is 6.14. The fraction of sp³-hybridized carbons (Fsp3) is 0.333. The Hall–Kier alpha value is -3.43. The summed E-state index contributed by atoms with van der Waals surface area (Å²) in [5, 5.41) is 10.8. The minimum Gasteiger partial charge on any atom is -0.368 e. The number of nitrogens with one attached hydrogen (secondary N) is 2. The zero-order valence-corrected chi connectivity index (χ0v) is 17.4. The molecule has 2 heterocycles. The van der Waals surface area contributed by atoms with Crippen molar-refractivity contribution in [2.24, 2.45) is 5.10 Å². The van der Waals surface area contributed by atoms with Crippen LogP contribution in [0.5, 0.6) is 0 Å². The average molecular weight is 431 g/mol. The summed E-state index contributed by atoms with van der Waals surface area (Å²) in [7, 11) is 0. The van der Waals surface area contributed by atoms with E-state index in [1.54, 1.807) is 0 Å². The van der Waals surface area contributed by atoms with Crippen molar-refractivity contribution < 1.29 is 13.2 Å². The van der Waals surface area contributed by atoms with E-state index in [0.717, 1.165) is 29.9 Å². The van der Waals surface area contributed by atoms with Crippen LogP contribution in [0.3, 0.4) is 0 Å². The summed E-state index contributed by atoms with van der Waals surface area (Å²) in [6, 6.07) is 5.33. The quantitative estimate of drug-likeness (QED) is 0.535. The Morgan fingerprint density at radius 2 is 1.87 bits per heavy atom. The molecule has 1 aliphatic heterocycles. The molecule has 1 aromatic heterocycles. The van der Waals surface area contributed by atoms with Gasteiger partial charge in [-0.05, 0) is 32.0 Å². The molecule has 0 bridgehead atoms. The number of halogens is 3. The Morgan fingerprint density at radius 1 is 1.16 bits per heavy atom. The van der Waals surface area contributed by atoms with Crippen LogP contribution >= 0.6 is 0 Å². The largest absolute Gasteiger partial charge is 0.416 e. The third-order valence-corrected chi connectivity index (χ3v) is 4.93. The maximum atomic E-state index is 13.3. The molecule has 2 aromatic rings. The molecule has 1 aromatic carbocycles.